The number of hydrogen-bond acceptors (Lipinski definition) is 4. The van der Waals surface area contributed by atoms with E-state index in [2.05, 4.69) is 5.32 Å². The smallest absolute Gasteiger partial charge is 0.264 e. The van der Waals surface area contributed by atoms with E-state index >= 15 is 0 Å². The number of aryl methyl sites for hydroxylation is 1. The van der Waals surface area contributed by atoms with Crippen LogP contribution in [0.15, 0.2) is 71.6 Å². The first-order chi connectivity index (χ1) is 15.2. The van der Waals surface area contributed by atoms with E-state index in [0.29, 0.717) is 22.0 Å². The summed E-state index contributed by atoms with van der Waals surface area (Å²) in [6, 6.07) is 18.8. The highest BCUT2D eigenvalue weighted by Crippen LogP contribution is 2.30. The Kier molecular flexibility index (Phi) is 7.43. The zero-order valence-corrected chi connectivity index (χ0v) is 19.7. The molecule has 0 atom stereocenters. The lowest BCUT2D eigenvalue weighted by atomic mass is 10.2. The van der Waals surface area contributed by atoms with Crippen molar-refractivity contribution in [3.63, 3.8) is 0 Å². The molecule has 0 bridgehead atoms. The zero-order chi connectivity index (χ0) is 23.3. The number of carbonyl (C=O) groups is 1. The van der Waals surface area contributed by atoms with Gasteiger partial charge in [0.1, 0.15) is 12.3 Å². The van der Waals surface area contributed by atoms with Gasteiger partial charge in [-0.2, -0.15) is 0 Å². The van der Waals surface area contributed by atoms with E-state index in [4.69, 9.17) is 16.3 Å². The minimum atomic E-state index is -4.00. The first kappa shape index (κ1) is 23.6. The average molecular weight is 473 g/mol. The second-order valence-corrected chi connectivity index (χ2v) is 9.61. The van der Waals surface area contributed by atoms with Crippen LogP contribution in [-0.4, -0.2) is 28.0 Å². The molecular weight excluding hydrogens is 448 g/mol. The highest BCUT2D eigenvalue weighted by atomic mass is 35.5. The number of rotatable bonds is 8. The van der Waals surface area contributed by atoms with Gasteiger partial charge in [0.05, 0.1) is 17.7 Å². The number of ether oxygens (including phenoxy) is 1. The molecule has 0 radical (unpaired) electrons. The van der Waals surface area contributed by atoms with Gasteiger partial charge in [-0.25, -0.2) is 8.42 Å². The van der Waals surface area contributed by atoms with Crippen molar-refractivity contribution in [2.45, 2.75) is 25.3 Å². The Morgan fingerprint density at radius 1 is 1.03 bits per heavy atom. The van der Waals surface area contributed by atoms with Crippen molar-refractivity contribution in [3.8, 4) is 5.75 Å². The molecule has 3 aromatic rings. The topological polar surface area (TPSA) is 75.7 Å². The largest absolute Gasteiger partial charge is 0.497 e. The van der Waals surface area contributed by atoms with E-state index in [1.54, 1.807) is 44.4 Å². The molecule has 6 nitrogen and oxygen atoms in total. The molecule has 168 valence electrons. The van der Waals surface area contributed by atoms with Crippen LogP contribution in [0.5, 0.6) is 5.75 Å². The van der Waals surface area contributed by atoms with E-state index < -0.39 is 15.9 Å². The van der Waals surface area contributed by atoms with Gasteiger partial charge in [0.15, 0.2) is 0 Å². The molecular formula is C24H25ClN2O4S. The Morgan fingerprint density at radius 2 is 1.72 bits per heavy atom. The summed E-state index contributed by atoms with van der Waals surface area (Å²) in [4.78, 5) is 12.9. The molecule has 0 aliphatic rings. The Labute approximate surface area is 193 Å². The van der Waals surface area contributed by atoms with Gasteiger partial charge in [0.25, 0.3) is 10.0 Å². The molecule has 1 N–H and O–H groups in total. The summed E-state index contributed by atoms with van der Waals surface area (Å²) < 4.78 is 33.3. The predicted octanol–water partition coefficient (Wildman–Crippen LogP) is 4.48. The molecule has 8 heteroatoms. The van der Waals surface area contributed by atoms with Crippen molar-refractivity contribution in [1.82, 2.24) is 5.32 Å². The monoisotopic (exact) mass is 472 g/mol. The van der Waals surface area contributed by atoms with E-state index in [0.717, 1.165) is 15.4 Å². The van der Waals surface area contributed by atoms with Crippen molar-refractivity contribution in [3.05, 3.63) is 88.4 Å². The Hall–Kier alpha value is -3.03. The second-order valence-electron chi connectivity index (χ2n) is 7.34. The van der Waals surface area contributed by atoms with Gasteiger partial charge < -0.3 is 10.1 Å². The maximum absolute atomic E-state index is 13.5. The summed E-state index contributed by atoms with van der Waals surface area (Å²) >= 11 is 6.25. The lowest BCUT2D eigenvalue weighted by molar-refractivity contribution is -0.119. The Morgan fingerprint density at radius 3 is 2.41 bits per heavy atom. The molecule has 3 rings (SSSR count). The van der Waals surface area contributed by atoms with Crippen molar-refractivity contribution < 1.29 is 17.9 Å². The predicted molar refractivity (Wildman–Crippen MR) is 127 cm³/mol. The minimum absolute atomic E-state index is 0.100. The van der Waals surface area contributed by atoms with Crippen LogP contribution >= 0.6 is 11.6 Å². The van der Waals surface area contributed by atoms with Gasteiger partial charge in [0.2, 0.25) is 5.91 Å². The third-order valence-electron chi connectivity index (χ3n) is 5.03. The van der Waals surface area contributed by atoms with Crippen molar-refractivity contribution in [2.75, 3.05) is 18.0 Å². The maximum Gasteiger partial charge on any atom is 0.264 e. The number of hydrogen-bond donors (Lipinski definition) is 1. The highest BCUT2D eigenvalue weighted by molar-refractivity contribution is 7.92. The maximum atomic E-state index is 13.5. The van der Waals surface area contributed by atoms with Crippen LogP contribution in [0.4, 0.5) is 5.69 Å². The summed E-state index contributed by atoms with van der Waals surface area (Å²) in [6.45, 7) is 3.45. The summed E-state index contributed by atoms with van der Waals surface area (Å²) in [5.74, 6) is 0.234. The lowest BCUT2D eigenvalue weighted by Crippen LogP contribution is -2.41. The molecule has 0 aliphatic heterocycles. The molecule has 0 aliphatic carbocycles. The van der Waals surface area contributed by atoms with E-state index in [-0.39, 0.29) is 18.0 Å². The normalized spacial score (nSPS) is 11.1. The lowest BCUT2D eigenvalue weighted by Gasteiger charge is -2.26. The summed E-state index contributed by atoms with van der Waals surface area (Å²) in [6.07, 6.45) is 0. The fourth-order valence-corrected chi connectivity index (χ4v) is 4.82. The number of carbonyl (C=O) groups excluding carboxylic acids is 1. The SMILES string of the molecule is COc1cccc(CNC(=O)CN(c2cccc(Cl)c2C)S(=O)(=O)c2ccc(C)cc2)c1. The van der Waals surface area contributed by atoms with E-state index in [1.165, 1.54) is 12.1 Å². The fraction of sp³-hybridized carbons (Fsp3) is 0.208. The zero-order valence-electron chi connectivity index (χ0n) is 18.1. The second kappa shape index (κ2) is 10.1. The molecule has 0 unspecified atom stereocenters. The van der Waals surface area contributed by atoms with Gasteiger partial charge >= 0.3 is 0 Å². The number of halogens is 1. The fourth-order valence-electron chi connectivity index (χ4n) is 3.17. The Bertz CT molecular complexity index is 1210. The number of methoxy groups -OCH3 is 1. The molecule has 32 heavy (non-hydrogen) atoms. The molecule has 0 saturated carbocycles. The first-order valence-electron chi connectivity index (χ1n) is 9.96. The van der Waals surface area contributed by atoms with Crippen LogP contribution in [0.3, 0.4) is 0 Å². The third-order valence-corrected chi connectivity index (χ3v) is 7.21. The Balaban J connectivity index is 1.89. The van der Waals surface area contributed by atoms with Crippen LogP contribution < -0.4 is 14.4 Å². The standard InChI is InChI=1S/C24H25ClN2O4S/c1-17-10-12-21(13-11-17)32(29,30)27(23-9-5-8-22(25)18(23)2)16-24(28)26-15-19-6-4-7-20(14-19)31-3/h4-14H,15-16H2,1-3H3,(H,26,28). The van der Waals surface area contributed by atoms with Crippen molar-refractivity contribution in [1.29, 1.82) is 0 Å². The van der Waals surface area contributed by atoms with Crippen LogP contribution in [0.1, 0.15) is 16.7 Å². The number of anilines is 1. The van der Waals surface area contributed by atoms with Crippen LogP contribution in [-0.2, 0) is 21.4 Å². The van der Waals surface area contributed by atoms with Crippen LogP contribution in [0.2, 0.25) is 5.02 Å². The number of amides is 1. The van der Waals surface area contributed by atoms with Gasteiger partial charge in [-0.3, -0.25) is 9.10 Å². The van der Waals surface area contributed by atoms with Crippen LogP contribution in [0, 0.1) is 13.8 Å². The quantitative estimate of drug-likeness (QED) is 0.524. The van der Waals surface area contributed by atoms with Crippen LogP contribution in [0.25, 0.3) is 0 Å². The number of nitrogens with one attached hydrogen (secondary N) is 1. The molecule has 0 fully saturated rings. The summed E-state index contributed by atoms with van der Waals surface area (Å²) in [5.41, 5.74) is 2.70. The van der Waals surface area contributed by atoms with Gasteiger partial charge in [-0.15, -0.1) is 0 Å². The molecule has 0 saturated heterocycles. The minimum Gasteiger partial charge on any atom is -0.497 e. The molecule has 3 aromatic carbocycles. The van der Waals surface area contributed by atoms with Gasteiger partial charge in [-0.1, -0.05) is 47.5 Å². The van der Waals surface area contributed by atoms with E-state index in [1.807, 2.05) is 31.2 Å². The molecule has 0 aromatic heterocycles. The number of benzene rings is 3. The average Bonchev–Trinajstić information content (AvgIpc) is 2.78. The van der Waals surface area contributed by atoms with Crippen molar-refractivity contribution in [2.24, 2.45) is 0 Å². The molecule has 0 spiro atoms. The summed E-state index contributed by atoms with van der Waals surface area (Å²) in [7, 11) is -2.44. The highest BCUT2D eigenvalue weighted by Gasteiger charge is 2.28. The van der Waals surface area contributed by atoms with Gasteiger partial charge in [0, 0.05) is 11.6 Å². The first-order valence-corrected chi connectivity index (χ1v) is 11.8. The third kappa shape index (κ3) is 5.41. The molecule has 0 heterocycles. The molecule has 1 amide bonds. The number of sulfonamides is 1. The van der Waals surface area contributed by atoms with Crippen molar-refractivity contribution >= 4 is 33.2 Å². The number of nitrogens with zero attached hydrogens (tertiary/aromatic N) is 1. The van der Waals surface area contributed by atoms with E-state index in [9.17, 15) is 13.2 Å². The van der Waals surface area contributed by atoms with Gasteiger partial charge in [-0.05, 0) is 61.4 Å². The summed E-state index contributed by atoms with van der Waals surface area (Å²) in [5, 5.41) is 3.20.